The van der Waals surface area contributed by atoms with Crippen molar-refractivity contribution in [3.63, 3.8) is 0 Å². The topological polar surface area (TPSA) is 59.1 Å². The molecular formula is C16H23N5O. The molecule has 1 saturated heterocycles. The average Bonchev–Trinajstić information content (AvgIpc) is 3.15. The minimum absolute atomic E-state index is 0.226. The van der Waals surface area contributed by atoms with E-state index in [-0.39, 0.29) is 5.92 Å². The molecule has 0 bridgehead atoms. The van der Waals surface area contributed by atoms with E-state index in [0.717, 1.165) is 38.3 Å². The third-order valence-electron chi connectivity index (χ3n) is 4.36. The van der Waals surface area contributed by atoms with Gasteiger partial charge in [0.1, 0.15) is 11.9 Å². The summed E-state index contributed by atoms with van der Waals surface area (Å²) in [5.41, 5.74) is 1.17. The molecule has 6 heteroatoms. The largest absolute Gasteiger partial charge is 0.385 e. The van der Waals surface area contributed by atoms with Gasteiger partial charge in [-0.05, 0) is 19.4 Å². The van der Waals surface area contributed by atoms with Crippen molar-refractivity contribution in [1.29, 1.82) is 0 Å². The van der Waals surface area contributed by atoms with Crippen LogP contribution in [0, 0.1) is 5.92 Å². The SMILES string of the molecule is C=Cn1cc(CN2CCC[C@@H]([C@@H](O)c3nccn3C)C2)cn1. The molecular weight excluding hydrogens is 278 g/mol. The first-order chi connectivity index (χ1) is 10.7. The van der Waals surface area contributed by atoms with Crippen LogP contribution in [-0.4, -0.2) is 42.4 Å². The number of aryl methyl sites for hydroxylation is 1. The standard InChI is InChI=1S/C16H23N5O/c1-3-21-11-13(9-18-21)10-20-7-4-5-14(12-20)15(22)16-17-6-8-19(16)2/h3,6,8-9,11,14-15,22H,1,4-5,7,10,12H2,2H3/t14-,15-/m1/s1. The van der Waals surface area contributed by atoms with Gasteiger partial charge in [0, 0.05) is 56.4 Å². The molecule has 2 aromatic heterocycles. The molecule has 0 aromatic carbocycles. The summed E-state index contributed by atoms with van der Waals surface area (Å²) in [6.45, 7) is 6.51. The van der Waals surface area contributed by atoms with Crippen molar-refractivity contribution in [3.8, 4) is 0 Å². The van der Waals surface area contributed by atoms with Gasteiger partial charge >= 0.3 is 0 Å². The fourth-order valence-electron chi connectivity index (χ4n) is 3.18. The van der Waals surface area contributed by atoms with Gasteiger partial charge in [-0.2, -0.15) is 5.10 Å². The molecule has 2 aromatic rings. The molecule has 2 atom stereocenters. The van der Waals surface area contributed by atoms with Crippen LogP contribution in [0.2, 0.25) is 0 Å². The maximum Gasteiger partial charge on any atom is 0.137 e. The zero-order valence-corrected chi connectivity index (χ0v) is 13.0. The molecule has 0 unspecified atom stereocenters. The Hall–Kier alpha value is -1.92. The molecule has 22 heavy (non-hydrogen) atoms. The minimum atomic E-state index is -0.501. The van der Waals surface area contributed by atoms with Crippen LogP contribution in [0.1, 0.15) is 30.3 Å². The highest BCUT2D eigenvalue weighted by Crippen LogP contribution is 2.29. The Morgan fingerprint density at radius 1 is 1.55 bits per heavy atom. The van der Waals surface area contributed by atoms with Gasteiger partial charge in [-0.3, -0.25) is 4.90 Å². The Labute approximate surface area is 130 Å². The van der Waals surface area contributed by atoms with Gasteiger partial charge in [0.15, 0.2) is 0 Å². The fraction of sp³-hybridized carbons (Fsp3) is 0.500. The summed E-state index contributed by atoms with van der Waals surface area (Å²) in [6, 6.07) is 0. The number of hydrogen-bond donors (Lipinski definition) is 1. The summed E-state index contributed by atoms with van der Waals surface area (Å²) < 4.78 is 3.62. The van der Waals surface area contributed by atoms with E-state index < -0.39 is 6.10 Å². The second-order valence-corrected chi connectivity index (χ2v) is 5.99. The van der Waals surface area contributed by atoms with Crippen LogP contribution in [0.5, 0.6) is 0 Å². The zero-order valence-electron chi connectivity index (χ0n) is 13.0. The van der Waals surface area contributed by atoms with E-state index in [2.05, 4.69) is 21.6 Å². The molecule has 0 radical (unpaired) electrons. The van der Waals surface area contributed by atoms with Crippen LogP contribution in [0.3, 0.4) is 0 Å². The maximum absolute atomic E-state index is 10.6. The van der Waals surface area contributed by atoms with Crippen molar-refractivity contribution in [2.24, 2.45) is 13.0 Å². The number of hydrogen-bond acceptors (Lipinski definition) is 4. The van der Waals surface area contributed by atoms with Gasteiger partial charge in [0.2, 0.25) is 0 Å². The molecule has 6 nitrogen and oxygen atoms in total. The summed E-state index contributed by atoms with van der Waals surface area (Å²) in [5.74, 6) is 0.982. The Balaban J connectivity index is 1.63. The number of aliphatic hydroxyl groups is 1. The van der Waals surface area contributed by atoms with Crippen molar-refractivity contribution in [1.82, 2.24) is 24.2 Å². The average molecular weight is 301 g/mol. The Morgan fingerprint density at radius 3 is 3.09 bits per heavy atom. The maximum atomic E-state index is 10.6. The molecule has 3 heterocycles. The van der Waals surface area contributed by atoms with E-state index in [1.807, 2.05) is 30.2 Å². The summed E-state index contributed by atoms with van der Waals surface area (Å²) >= 11 is 0. The first-order valence-electron chi connectivity index (χ1n) is 7.70. The van der Waals surface area contributed by atoms with Crippen LogP contribution in [0.15, 0.2) is 31.4 Å². The second kappa shape index (κ2) is 6.46. The number of nitrogens with zero attached hydrogens (tertiary/aromatic N) is 5. The quantitative estimate of drug-likeness (QED) is 0.912. The third kappa shape index (κ3) is 3.13. The Bertz CT molecular complexity index is 632. The molecule has 1 N–H and O–H groups in total. The van der Waals surface area contributed by atoms with Crippen molar-refractivity contribution < 1.29 is 5.11 Å². The molecule has 1 fully saturated rings. The van der Waals surface area contributed by atoms with E-state index in [4.69, 9.17) is 0 Å². The van der Waals surface area contributed by atoms with Crippen LogP contribution in [0.4, 0.5) is 0 Å². The number of likely N-dealkylation sites (tertiary alicyclic amines) is 1. The number of aromatic nitrogens is 4. The predicted molar refractivity (Wildman–Crippen MR) is 84.8 cm³/mol. The molecule has 0 spiro atoms. The Morgan fingerprint density at radius 2 is 2.41 bits per heavy atom. The smallest absolute Gasteiger partial charge is 0.137 e. The normalized spacial score (nSPS) is 20.9. The third-order valence-corrected chi connectivity index (χ3v) is 4.36. The fourth-order valence-corrected chi connectivity index (χ4v) is 3.18. The lowest BCUT2D eigenvalue weighted by Crippen LogP contribution is -2.37. The molecule has 1 aliphatic heterocycles. The molecule has 1 aliphatic rings. The number of aliphatic hydroxyl groups excluding tert-OH is 1. The van der Waals surface area contributed by atoms with E-state index >= 15 is 0 Å². The molecule has 0 amide bonds. The molecule has 0 aliphatic carbocycles. The van der Waals surface area contributed by atoms with Crippen molar-refractivity contribution in [3.05, 3.63) is 42.8 Å². The van der Waals surface area contributed by atoms with Crippen LogP contribution < -0.4 is 0 Å². The zero-order chi connectivity index (χ0) is 15.5. The predicted octanol–water partition coefficient (Wildman–Crippen LogP) is 1.66. The molecule has 3 rings (SSSR count). The summed E-state index contributed by atoms with van der Waals surface area (Å²) in [6.07, 6.45) is 10.8. The number of rotatable bonds is 5. The van der Waals surface area contributed by atoms with E-state index in [0.29, 0.717) is 0 Å². The van der Waals surface area contributed by atoms with Crippen LogP contribution >= 0.6 is 0 Å². The van der Waals surface area contributed by atoms with E-state index in [1.165, 1.54) is 5.56 Å². The molecule has 0 saturated carbocycles. The van der Waals surface area contributed by atoms with E-state index in [1.54, 1.807) is 17.1 Å². The van der Waals surface area contributed by atoms with Crippen LogP contribution in [0.25, 0.3) is 6.20 Å². The number of imidazole rings is 1. The van der Waals surface area contributed by atoms with Crippen molar-refractivity contribution in [2.45, 2.75) is 25.5 Å². The van der Waals surface area contributed by atoms with Gasteiger partial charge in [-0.1, -0.05) is 6.58 Å². The van der Waals surface area contributed by atoms with Gasteiger partial charge in [0.05, 0.1) is 6.20 Å². The molecule has 118 valence electrons. The summed E-state index contributed by atoms with van der Waals surface area (Å²) in [5, 5.41) is 14.8. The highest BCUT2D eigenvalue weighted by molar-refractivity contribution is 5.17. The van der Waals surface area contributed by atoms with E-state index in [9.17, 15) is 5.11 Å². The van der Waals surface area contributed by atoms with Gasteiger partial charge in [-0.25, -0.2) is 9.67 Å². The minimum Gasteiger partial charge on any atom is -0.385 e. The van der Waals surface area contributed by atoms with Gasteiger partial charge in [-0.15, -0.1) is 0 Å². The lowest BCUT2D eigenvalue weighted by Gasteiger charge is -2.34. The second-order valence-electron chi connectivity index (χ2n) is 5.99. The lowest BCUT2D eigenvalue weighted by molar-refractivity contribution is 0.0405. The first kappa shape index (κ1) is 15.0. The van der Waals surface area contributed by atoms with Crippen molar-refractivity contribution in [2.75, 3.05) is 13.1 Å². The lowest BCUT2D eigenvalue weighted by atomic mass is 9.92. The highest BCUT2D eigenvalue weighted by atomic mass is 16.3. The van der Waals surface area contributed by atoms with Crippen molar-refractivity contribution >= 4 is 6.20 Å². The number of piperidine rings is 1. The summed E-state index contributed by atoms with van der Waals surface area (Å²) in [4.78, 5) is 6.66. The van der Waals surface area contributed by atoms with Crippen LogP contribution in [-0.2, 0) is 13.6 Å². The Kier molecular flexibility index (Phi) is 4.40. The first-order valence-corrected chi connectivity index (χ1v) is 7.70. The monoisotopic (exact) mass is 301 g/mol. The summed E-state index contributed by atoms with van der Waals surface area (Å²) in [7, 11) is 1.93. The van der Waals surface area contributed by atoms with Gasteiger partial charge in [0.25, 0.3) is 0 Å². The highest BCUT2D eigenvalue weighted by Gasteiger charge is 2.29. The van der Waals surface area contributed by atoms with Gasteiger partial charge < -0.3 is 9.67 Å².